The molecule has 1 rings (SSSR count). The van der Waals surface area contributed by atoms with Gasteiger partial charge in [0.05, 0.1) is 0 Å². The molecule has 0 heterocycles. The summed E-state index contributed by atoms with van der Waals surface area (Å²) in [5, 5.41) is 11.4. The second-order valence-electron chi connectivity index (χ2n) is 4.06. The number of carbonyl (C=O) groups excluding carboxylic acids is 1. The van der Waals surface area contributed by atoms with Crippen molar-refractivity contribution in [1.29, 1.82) is 0 Å². The maximum atomic E-state index is 12.0. The zero-order valence-corrected chi connectivity index (χ0v) is 9.89. The summed E-state index contributed by atoms with van der Waals surface area (Å²) < 4.78 is 0. The highest BCUT2D eigenvalue weighted by Gasteiger charge is 2.33. The number of hydrogen-bond acceptors (Lipinski definition) is 3. The SMILES string of the molecule is CCN(C)C(=O)N(CCC(N)=NO)C1CC1. The number of hydrogen-bond donors (Lipinski definition) is 2. The Labute approximate surface area is 95.7 Å². The lowest BCUT2D eigenvalue weighted by Gasteiger charge is -2.27. The van der Waals surface area contributed by atoms with Crippen molar-refractivity contribution in [2.45, 2.75) is 32.2 Å². The van der Waals surface area contributed by atoms with Crippen LogP contribution in [0.1, 0.15) is 26.2 Å². The van der Waals surface area contributed by atoms with Crippen LogP contribution in [0.5, 0.6) is 0 Å². The molecule has 0 radical (unpaired) electrons. The van der Waals surface area contributed by atoms with Crippen LogP contribution < -0.4 is 5.73 Å². The van der Waals surface area contributed by atoms with Gasteiger partial charge in [-0.3, -0.25) is 0 Å². The van der Waals surface area contributed by atoms with Crippen molar-refractivity contribution >= 4 is 11.9 Å². The fourth-order valence-electron chi connectivity index (χ4n) is 1.46. The Morgan fingerprint density at radius 2 is 2.19 bits per heavy atom. The molecule has 1 aliphatic carbocycles. The molecule has 0 aromatic rings. The normalized spacial score (nSPS) is 16.0. The van der Waals surface area contributed by atoms with E-state index in [0.29, 0.717) is 25.6 Å². The minimum Gasteiger partial charge on any atom is -0.409 e. The number of nitrogens with two attached hydrogens (primary N) is 1. The Hall–Kier alpha value is -1.46. The average Bonchev–Trinajstić information content (AvgIpc) is 3.11. The van der Waals surface area contributed by atoms with Crippen LogP contribution >= 0.6 is 0 Å². The number of carbonyl (C=O) groups is 1. The van der Waals surface area contributed by atoms with Gasteiger partial charge >= 0.3 is 6.03 Å². The summed E-state index contributed by atoms with van der Waals surface area (Å²) in [5.74, 6) is 0.164. The molecule has 1 saturated carbocycles. The molecule has 0 saturated heterocycles. The van der Waals surface area contributed by atoms with Crippen LogP contribution in [-0.4, -0.2) is 53.1 Å². The standard InChI is InChI=1S/C10H20N4O2/c1-3-13(2)10(15)14(8-4-5-8)7-6-9(11)12-16/h8,16H,3-7H2,1-2H3,(H2,11,12). The monoisotopic (exact) mass is 228 g/mol. The van der Waals surface area contributed by atoms with Crippen molar-refractivity contribution in [2.75, 3.05) is 20.1 Å². The summed E-state index contributed by atoms with van der Waals surface area (Å²) in [7, 11) is 1.78. The quantitative estimate of drug-likeness (QED) is 0.314. The van der Waals surface area contributed by atoms with Crippen LogP contribution in [0.25, 0.3) is 0 Å². The van der Waals surface area contributed by atoms with E-state index < -0.39 is 0 Å². The smallest absolute Gasteiger partial charge is 0.319 e. The molecule has 2 amide bonds. The zero-order chi connectivity index (χ0) is 12.1. The second-order valence-corrected chi connectivity index (χ2v) is 4.06. The maximum absolute atomic E-state index is 12.0. The van der Waals surface area contributed by atoms with Gasteiger partial charge in [-0.2, -0.15) is 0 Å². The minimum absolute atomic E-state index is 0.0238. The van der Waals surface area contributed by atoms with Crippen LogP contribution in [0.2, 0.25) is 0 Å². The molecule has 0 aromatic heterocycles. The summed E-state index contributed by atoms with van der Waals surface area (Å²) >= 11 is 0. The molecule has 0 aromatic carbocycles. The number of amides is 2. The number of oxime groups is 1. The van der Waals surface area contributed by atoms with Crippen molar-refractivity contribution in [1.82, 2.24) is 9.80 Å². The van der Waals surface area contributed by atoms with Gasteiger partial charge in [-0.25, -0.2) is 4.79 Å². The molecule has 0 spiro atoms. The Balaban J connectivity index is 2.50. The average molecular weight is 228 g/mol. The number of amidine groups is 1. The van der Waals surface area contributed by atoms with E-state index in [9.17, 15) is 4.79 Å². The summed E-state index contributed by atoms with van der Waals surface area (Å²) in [6.45, 7) is 3.14. The Kier molecular flexibility index (Phi) is 4.39. The third-order valence-electron chi connectivity index (χ3n) is 2.77. The van der Waals surface area contributed by atoms with E-state index in [2.05, 4.69) is 5.16 Å². The summed E-state index contributed by atoms with van der Waals surface area (Å²) in [4.78, 5) is 15.4. The molecule has 92 valence electrons. The van der Waals surface area contributed by atoms with Crippen LogP contribution in [0.4, 0.5) is 4.79 Å². The van der Waals surface area contributed by atoms with Crippen LogP contribution in [0.15, 0.2) is 5.16 Å². The van der Waals surface area contributed by atoms with Crippen molar-refractivity contribution in [3.05, 3.63) is 0 Å². The number of nitrogens with zero attached hydrogens (tertiary/aromatic N) is 3. The van der Waals surface area contributed by atoms with E-state index in [1.165, 1.54) is 0 Å². The van der Waals surface area contributed by atoms with Gasteiger partial charge < -0.3 is 20.7 Å². The van der Waals surface area contributed by atoms with Crippen molar-refractivity contribution in [3.8, 4) is 0 Å². The third kappa shape index (κ3) is 3.29. The lowest BCUT2D eigenvalue weighted by atomic mass is 10.3. The first-order valence-electron chi connectivity index (χ1n) is 5.58. The molecule has 0 bridgehead atoms. The van der Waals surface area contributed by atoms with Gasteiger partial charge in [0.2, 0.25) is 0 Å². The van der Waals surface area contributed by atoms with Crippen LogP contribution in [0, 0.1) is 0 Å². The Morgan fingerprint density at radius 3 is 2.62 bits per heavy atom. The fourth-order valence-corrected chi connectivity index (χ4v) is 1.46. The predicted molar refractivity (Wildman–Crippen MR) is 61.5 cm³/mol. The van der Waals surface area contributed by atoms with E-state index in [1.807, 2.05) is 11.8 Å². The highest BCUT2D eigenvalue weighted by Crippen LogP contribution is 2.27. The van der Waals surface area contributed by atoms with Crippen molar-refractivity contribution in [2.24, 2.45) is 10.9 Å². The van der Waals surface area contributed by atoms with Gasteiger partial charge in [-0.15, -0.1) is 0 Å². The van der Waals surface area contributed by atoms with E-state index in [0.717, 1.165) is 12.8 Å². The molecule has 16 heavy (non-hydrogen) atoms. The highest BCUT2D eigenvalue weighted by molar-refractivity contribution is 5.81. The van der Waals surface area contributed by atoms with E-state index in [-0.39, 0.29) is 11.9 Å². The fraction of sp³-hybridized carbons (Fsp3) is 0.800. The Morgan fingerprint density at radius 1 is 1.56 bits per heavy atom. The molecule has 6 nitrogen and oxygen atoms in total. The van der Waals surface area contributed by atoms with Crippen LogP contribution in [-0.2, 0) is 0 Å². The first-order valence-corrected chi connectivity index (χ1v) is 5.58. The van der Waals surface area contributed by atoms with E-state index >= 15 is 0 Å². The lowest BCUT2D eigenvalue weighted by molar-refractivity contribution is 0.163. The van der Waals surface area contributed by atoms with Crippen molar-refractivity contribution < 1.29 is 10.0 Å². The molecular weight excluding hydrogens is 208 g/mol. The van der Waals surface area contributed by atoms with Gasteiger partial charge in [-0.05, 0) is 19.8 Å². The number of urea groups is 1. The van der Waals surface area contributed by atoms with Gasteiger partial charge in [0, 0.05) is 32.6 Å². The van der Waals surface area contributed by atoms with Crippen LogP contribution in [0.3, 0.4) is 0 Å². The molecule has 3 N–H and O–H groups in total. The second kappa shape index (κ2) is 5.58. The van der Waals surface area contributed by atoms with Gasteiger partial charge in [0.15, 0.2) is 0 Å². The molecule has 0 aliphatic heterocycles. The molecular formula is C10H20N4O2. The molecule has 0 unspecified atom stereocenters. The zero-order valence-electron chi connectivity index (χ0n) is 9.89. The molecule has 1 fully saturated rings. The Bertz CT molecular complexity index is 276. The summed E-state index contributed by atoms with van der Waals surface area (Å²) in [5.41, 5.74) is 5.40. The highest BCUT2D eigenvalue weighted by atomic mass is 16.4. The van der Waals surface area contributed by atoms with Crippen molar-refractivity contribution in [3.63, 3.8) is 0 Å². The maximum Gasteiger partial charge on any atom is 0.319 e. The summed E-state index contributed by atoms with van der Waals surface area (Å²) in [6.07, 6.45) is 2.52. The molecule has 1 aliphatic rings. The molecule has 0 atom stereocenters. The number of rotatable bonds is 5. The largest absolute Gasteiger partial charge is 0.409 e. The predicted octanol–water partition coefficient (Wildman–Crippen LogP) is 0.659. The topological polar surface area (TPSA) is 82.2 Å². The molecule has 6 heteroatoms. The lowest BCUT2D eigenvalue weighted by Crippen LogP contribution is -2.43. The van der Waals surface area contributed by atoms with Gasteiger partial charge in [-0.1, -0.05) is 5.16 Å². The van der Waals surface area contributed by atoms with Gasteiger partial charge in [0.1, 0.15) is 5.84 Å². The first kappa shape index (κ1) is 12.6. The minimum atomic E-state index is 0.0238. The third-order valence-corrected chi connectivity index (χ3v) is 2.77. The van der Waals surface area contributed by atoms with E-state index in [1.54, 1.807) is 11.9 Å². The first-order chi connectivity index (χ1) is 7.60. The van der Waals surface area contributed by atoms with E-state index in [4.69, 9.17) is 10.9 Å². The summed E-state index contributed by atoms with van der Waals surface area (Å²) in [6, 6.07) is 0.365. The van der Waals surface area contributed by atoms with Gasteiger partial charge in [0.25, 0.3) is 0 Å².